The normalized spacial score (nSPS) is 13.4. The molecule has 0 bridgehead atoms. The molecule has 0 saturated carbocycles. The van der Waals surface area contributed by atoms with Crippen LogP contribution < -0.4 is 0 Å². The Bertz CT molecular complexity index is 1300. The summed E-state index contributed by atoms with van der Waals surface area (Å²) in [5.74, 6) is -0.470. The molecule has 0 fully saturated rings. The number of hydrogen-bond donors (Lipinski definition) is 0. The van der Waals surface area contributed by atoms with Crippen LogP contribution in [0.4, 0.5) is 8.78 Å². The van der Waals surface area contributed by atoms with Crippen molar-refractivity contribution in [2.45, 2.75) is 91.9 Å². The minimum atomic E-state index is -0.820. The summed E-state index contributed by atoms with van der Waals surface area (Å²) < 4.78 is 43.1. The molecule has 2 atom stereocenters. The number of fused-ring (bicyclic) bond motifs is 1. The molecule has 9 heteroatoms. The molecule has 4 rings (SSSR count). The van der Waals surface area contributed by atoms with Gasteiger partial charge in [-0.25, -0.2) is 0 Å². The van der Waals surface area contributed by atoms with Gasteiger partial charge in [-0.2, -0.15) is 0 Å². The number of benzene rings is 1. The van der Waals surface area contributed by atoms with E-state index in [1.165, 1.54) is 61.2 Å². The quantitative estimate of drug-likeness (QED) is 0.120. The standard InChI is InChI=1S/C30H36Br2F2N2S2Se/c1-5-9-11-17(7-3)13-19-15-21(37-29(19)31)23-25(33)26(34)24(28-27(23)35-39-36-28)22-16-20(30(32)38-22)14-18(8-4)12-10-6-2/h15-18H,5-14H2,1-4H3. The van der Waals surface area contributed by atoms with E-state index in [0.717, 1.165) is 44.4 Å². The van der Waals surface area contributed by atoms with Gasteiger partial charge in [-0.15, -0.1) is 0 Å². The van der Waals surface area contributed by atoms with E-state index in [-0.39, 0.29) is 11.1 Å². The fraction of sp³-hybridized carbons (Fsp3) is 0.533. The second kappa shape index (κ2) is 14.6. The Morgan fingerprint density at radius 2 is 1.15 bits per heavy atom. The van der Waals surface area contributed by atoms with Gasteiger partial charge in [0.05, 0.1) is 0 Å². The number of halogens is 4. The third kappa shape index (κ3) is 7.14. The molecule has 3 heterocycles. The van der Waals surface area contributed by atoms with Gasteiger partial charge in [-0.3, -0.25) is 0 Å². The average Bonchev–Trinajstić information content (AvgIpc) is 3.64. The van der Waals surface area contributed by atoms with Crippen LogP contribution in [-0.2, 0) is 12.8 Å². The molecule has 0 spiro atoms. The van der Waals surface area contributed by atoms with Crippen LogP contribution in [0, 0.1) is 23.5 Å². The second-order valence-electron chi connectivity index (χ2n) is 10.4. The van der Waals surface area contributed by atoms with Crippen LogP contribution in [0.5, 0.6) is 0 Å². The molecule has 1 aromatic carbocycles. The first-order chi connectivity index (χ1) is 18.8. The molecule has 2 unspecified atom stereocenters. The van der Waals surface area contributed by atoms with Crippen molar-refractivity contribution in [3.8, 4) is 20.9 Å². The van der Waals surface area contributed by atoms with E-state index >= 15 is 8.78 Å². The zero-order valence-corrected chi connectivity index (χ0v) is 29.5. The van der Waals surface area contributed by atoms with Crippen LogP contribution >= 0.6 is 54.5 Å². The Morgan fingerprint density at radius 1 is 0.744 bits per heavy atom. The zero-order valence-electron chi connectivity index (χ0n) is 23.0. The molecular formula is C30H36Br2F2N2S2Se. The maximum absolute atomic E-state index is 16.0. The van der Waals surface area contributed by atoms with E-state index in [9.17, 15) is 0 Å². The summed E-state index contributed by atoms with van der Waals surface area (Å²) in [5, 5.41) is 0. The van der Waals surface area contributed by atoms with Crippen molar-refractivity contribution in [1.82, 2.24) is 7.96 Å². The van der Waals surface area contributed by atoms with Gasteiger partial charge in [0.15, 0.2) is 0 Å². The Kier molecular flexibility index (Phi) is 11.8. The van der Waals surface area contributed by atoms with Crippen molar-refractivity contribution >= 4 is 80.5 Å². The minimum absolute atomic E-state index is 0.259. The zero-order chi connectivity index (χ0) is 28.1. The van der Waals surface area contributed by atoms with Crippen molar-refractivity contribution in [2.24, 2.45) is 11.8 Å². The molecule has 0 radical (unpaired) electrons. The molecule has 39 heavy (non-hydrogen) atoms. The van der Waals surface area contributed by atoms with Crippen molar-refractivity contribution < 1.29 is 8.78 Å². The topological polar surface area (TPSA) is 25.8 Å². The second-order valence-corrected chi connectivity index (χ2v) is 16.2. The van der Waals surface area contributed by atoms with E-state index in [1.807, 2.05) is 12.1 Å². The first-order valence-corrected chi connectivity index (χ1v) is 18.8. The molecular weight excluding hydrogens is 729 g/mol. The van der Waals surface area contributed by atoms with Gasteiger partial charge in [0.25, 0.3) is 0 Å². The van der Waals surface area contributed by atoms with Gasteiger partial charge in [-0.1, -0.05) is 0 Å². The molecule has 0 amide bonds. The van der Waals surface area contributed by atoms with Crippen molar-refractivity contribution in [3.05, 3.63) is 42.5 Å². The SMILES string of the molecule is CCCCC(CC)Cc1cc(-c2c(F)c(F)c(-c3cc(CC(CC)CCCC)c(Br)s3)c3n[se]nc23)sc1Br. The van der Waals surface area contributed by atoms with Crippen LogP contribution in [0.15, 0.2) is 19.7 Å². The molecule has 0 aliphatic carbocycles. The Hall–Kier alpha value is -0.441. The summed E-state index contributed by atoms with van der Waals surface area (Å²) in [6, 6.07) is 4.06. The third-order valence-electron chi connectivity index (χ3n) is 7.71. The molecule has 3 aromatic heterocycles. The van der Waals surface area contributed by atoms with Crippen LogP contribution in [0.1, 0.15) is 90.2 Å². The summed E-state index contributed by atoms with van der Waals surface area (Å²) >= 11 is 9.95. The molecule has 0 aliphatic heterocycles. The summed E-state index contributed by atoms with van der Waals surface area (Å²) in [5.41, 5.74) is 3.85. The summed E-state index contributed by atoms with van der Waals surface area (Å²) in [6.45, 7) is 8.89. The monoisotopic (exact) mass is 764 g/mol. The van der Waals surface area contributed by atoms with Gasteiger partial charge in [0.2, 0.25) is 0 Å². The molecule has 0 N–H and O–H groups in total. The molecule has 2 nitrogen and oxygen atoms in total. The van der Waals surface area contributed by atoms with E-state index in [2.05, 4.69) is 67.5 Å². The van der Waals surface area contributed by atoms with Crippen LogP contribution in [0.3, 0.4) is 0 Å². The molecule has 212 valence electrons. The Labute approximate surface area is 262 Å². The summed E-state index contributed by atoms with van der Waals surface area (Å²) in [7, 11) is 0. The predicted octanol–water partition coefficient (Wildman–Crippen LogP) is 11.5. The predicted molar refractivity (Wildman–Crippen MR) is 172 cm³/mol. The molecule has 4 aromatic rings. The number of thiophene rings is 2. The van der Waals surface area contributed by atoms with E-state index in [0.29, 0.717) is 32.6 Å². The number of rotatable bonds is 14. The molecule has 0 aliphatic rings. The van der Waals surface area contributed by atoms with E-state index < -0.39 is 26.6 Å². The maximum atomic E-state index is 16.0. The number of hydrogen-bond acceptors (Lipinski definition) is 4. The van der Waals surface area contributed by atoms with Gasteiger partial charge < -0.3 is 0 Å². The molecule has 0 saturated heterocycles. The summed E-state index contributed by atoms with van der Waals surface area (Å²) in [6.07, 6.45) is 11.2. The van der Waals surface area contributed by atoms with Crippen molar-refractivity contribution in [3.63, 3.8) is 0 Å². The number of aromatic nitrogens is 2. The van der Waals surface area contributed by atoms with E-state index in [4.69, 9.17) is 0 Å². The van der Waals surface area contributed by atoms with Crippen LogP contribution in [0.2, 0.25) is 0 Å². The first-order valence-electron chi connectivity index (χ1n) is 14.0. The Morgan fingerprint density at radius 3 is 1.51 bits per heavy atom. The number of nitrogens with zero attached hydrogens (tertiary/aromatic N) is 2. The van der Waals surface area contributed by atoms with Crippen molar-refractivity contribution in [2.75, 3.05) is 0 Å². The van der Waals surface area contributed by atoms with E-state index in [1.54, 1.807) is 0 Å². The summed E-state index contributed by atoms with van der Waals surface area (Å²) in [4.78, 5) is 1.43. The van der Waals surface area contributed by atoms with Crippen molar-refractivity contribution in [1.29, 1.82) is 0 Å². The van der Waals surface area contributed by atoms with Gasteiger partial charge in [0.1, 0.15) is 0 Å². The third-order valence-corrected chi connectivity index (χ3v) is 12.8. The van der Waals surface area contributed by atoms with Gasteiger partial charge >= 0.3 is 264 Å². The van der Waals surface area contributed by atoms with Crippen LogP contribution in [-0.4, -0.2) is 22.9 Å². The first kappa shape index (κ1) is 31.5. The Balaban J connectivity index is 1.72. The number of unbranched alkanes of at least 4 members (excludes halogenated alkanes) is 2. The average molecular weight is 766 g/mol. The fourth-order valence-electron chi connectivity index (χ4n) is 5.24. The fourth-order valence-corrected chi connectivity index (χ4v) is 9.93. The van der Waals surface area contributed by atoms with Gasteiger partial charge in [0, 0.05) is 0 Å². The van der Waals surface area contributed by atoms with Gasteiger partial charge in [-0.05, 0) is 0 Å². The van der Waals surface area contributed by atoms with Crippen LogP contribution in [0.25, 0.3) is 31.9 Å².